The quantitative estimate of drug-likeness (QED) is 0.715. The Morgan fingerprint density at radius 1 is 1.29 bits per heavy atom. The number of fused-ring (bicyclic) bond motifs is 1. The number of aromatic amines is 1. The number of ether oxygens (including phenoxy) is 1. The number of H-pyrrole nitrogens is 1. The van der Waals surface area contributed by atoms with Gasteiger partial charge < -0.3 is 14.6 Å². The number of benzene rings is 1. The average molecular weight is 379 g/mol. The van der Waals surface area contributed by atoms with E-state index in [0.717, 1.165) is 54.3 Å². The van der Waals surface area contributed by atoms with Crippen LogP contribution in [0.15, 0.2) is 36.7 Å². The summed E-state index contributed by atoms with van der Waals surface area (Å²) in [5.41, 5.74) is 4.18. The van der Waals surface area contributed by atoms with Crippen LogP contribution in [0.3, 0.4) is 0 Å². The number of nitrogens with one attached hydrogen (secondary N) is 1. The van der Waals surface area contributed by atoms with Crippen LogP contribution in [0.25, 0.3) is 11.5 Å². The number of rotatable bonds is 6. The molecule has 146 valence electrons. The Kier molecular flexibility index (Phi) is 5.14. The van der Waals surface area contributed by atoms with Crippen molar-refractivity contribution < 1.29 is 9.53 Å². The standard InChI is InChI=1S/C21H25N5O2/c1-3-11-26-18-8-12-25(14-17(18)20(24-26)21-22-9-10-23-21)19(27)13-15-4-6-16(28-2)7-5-15/h4-7,9-10H,3,8,11-14H2,1-2H3,(H,22,23). The lowest BCUT2D eigenvalue weighted by atomic mass is 10.0. The second kappa shape index (κ2) is 7.88. The number of amides is 1. The Bertz CT molecular complexity index is 944. The van der Waals surface area contributed by atoms with E-state index >= 15 is 0 Å². The molecule has 28 heavy (non-hydrogen) atoms. The van der Waals surface area contributed by atoms with Gasteiger partial charge in [0, 0.05) is 49.7 Å². The van der Waals surface area contributed by atoms with Crippen molar-refractivity contribution in [3.63, 3.8) is 0 Å². The van der Waals surface area contributed by atoms with E-state index in [1.807, 2.05) is 29.2 Å². The zero-order chi connectivity index (χ0) is 19.5. The number of imidazole rings is 1. The van der Waals surface area contributed by atoms with Crippen molar-refractivity contribution in [1.82, 2.24) is 24.6 Å². The highest BCUT2D eigenvalue weighted by Gasteiger charge is 2.28. The molecule has 1 aliphatic heterocycles. The van der Waals surface area contributed by atoms with Gasteiger partial charge >= 0.3 is 0 Å². The van der Waals surface area contributed by atoms with Gasteiger partial charge in [-0.15, -0.1) is 0 Å². The van der Waals surface area contributed by atoms with Crippen LogP contribution in [0.2, 0.25) is 0 Å². The van der Waals surface area contributed by atoms with Gasteiger partial charge in [0.2, 0.25) is 5.91 Å². The molecule has 0 bridgehead atoms. The van der Waals surface area contributed by atoms with Crippen molar-refractivity contribution in [2.24, 2.45) is 0 Å². The van der Waals surface area contributed by atoms with Crippen LogP contribution in [0.4, 0.5) is 0 Å². The summed E-state index contributed by atoms with van der Waals surface area (Å²) >= 11 is 0. The Morgan fingerprint density at radius 2 is 2.11 bits per heavy atom. The van der Waals surface area contributed by atoms with E-state index < -0.39 is 0 Å². The molecule has 1 aromatic carbocycles. The second-order valence-electron chi connectivity index (χ2n) is 7.02. The zero-order valence-corrected chi connectivity index (χ0v) is 16.3. The van der Waals surface area contributed by atoms with Gasteiger partial charge in [0.1, 0.15) is 11.4 Å². The van der Waals surface area contributed by atoms with Crippen molar-refractivity contribution in [2.75, 3.05) is 13.7 Å². The van der Waals surface area contributed by atoms with Gasteiger partial charge in [-0.25, -0.2) is 4.98 Å². The summed E-state index contributed by atoms with van der Waals surface area (Å²) in [5, 5.41) is 4.79. The molecule has 0 atom stereocenters. The molecule has 7 heteroatoms. The smallest absolute Gasteiger partial charge is 0.227 e. The fourth-order valence-corrected chi connectivity index (χ4v) is 3.72. The zero-order valence-electron chi connectivity index (χ0n) is 16.3. The SMILES string of the molecule is CCCn1nc(-c2ncc[nH]2)c2c1CCN(C(=O)Cc1ccc(OC)cc1)C2. The highest BCUT2D eigenvalue weighted by molar-refractivity contribution is 5.79. The molecule has 4 rings (SSSR count). The van der Waals surface area contributed by atoms with Crippen molar-refractivity contribution in [2.45, 2.75) is 39.3 Å². The minimum absolute atomic E-state index is 0.129. The summed E-state index contributed by atoms with van der Waals surface area (Å²) in [4.78, 5) is 22.4. The predicted molar refractivity (Wildman–Crippen MR) is 106 cm³/mol. The maximum absolute atomic E-state index is 12.9. The van der Waals surface area contributed by atoms with Crippen LogP contribution in [0.5, 0.6) is 5.75 Å². The average Bonchev–Trinajstić information content (AvgIpc) is 3.37. The summed E-state index contributed by atoms with van der Waals surface area (Å²) in [7, 11) is 1.64. The molecule has 0 spiro atoms. The number of nitrogens with zero attached hydrogens (tertiary/aromatic N) is 4. The monoisotopic (exact) mass is 379 g/mol. The number of aromatic nitrogens is 4. The summed E-state index contributed by atoms with van der Waals surface area (Å²) in [5.74, 6) is 1.69. The summed E-state index contributed by atoms with van der Waals surface area (Å²) in [6.45, 7) is 4.32. The molecule has 3 aromatic rings. The lowest BCUT2D eigenvalue weighted by molar-refractivity contribution is -0.131. The molecular weight excluding hydrogens is 354 g/mol. The second-order valence-corrected chi connectivity index (χ2v) is 7.02. The molecule has 2 aromatic heterocycles. The minimum Gasteiger partial charge on any atom is -0.497 e. The molecule has 0 saturated carbocycles. The fraction of sp³-hybridized carbons (Fsp3) is 0.381. The molecule has 1 N–H and O–H groups in total. The van der Waals surface area contributed by atoms with Crippen LogP contribution in [0, 0.1) is 0 Å². The van der Waals surface area contributed by atoms with E-state index in [2.05, 4.69) is 21.6 Å². The molecule has 0 unspecified atom stereocenters. The summed E-state index contributed by atoms with van der Waals surface area (Å²) in [6.07, 6.45) is 5.76. The van der Waals surface area contributed by atoms with E-state index in [1.165, 1.54) is 5.69 Å². The molecule has 3 heterocycles. The van der Waals surface area contributed by atoms with Gasteiger partial charge in [-0.1, -0.05) is 19.1 Å². The van der Waals surface area contributed by atoms with Crippen LogP contribution in [0.1, 0.15) is 30.2 Å². The first-order valence-corrected chi connectivity index (χ1v) is 9.68. The van der Waals surface area contributed by atoms with Crippen LogP contribution >= 0.6 is 0 Å². The molecule has 1 aliphatic rings. The molecule has 7 nitrogen and oxygen atoms in total. The van der Waals surface area contributed by atoms with Gasteiger partial charge in [-0.2, -0.15) is 5.10 Å². The van der Waals surface area contributed by atoms with Crippen LogP contribution < -0.4 is 4.74 Å². The Labute approximate surface area is 164 Å². The molecule has 0 saturated heterocycles. The van der Waals surface area contributed by atoms with Crippen LogP contribution in [-0.4, -0.2) is 44.2 Å². The predicted octanol–water partition coefficient (Wildman–Crippen LogP) is 2.82. The van der Waals surface area contributed by atoms with E-state index in [1.54, 1.807) is 19.5 Å². The number of aryl methyl sites for hydroxylation is 1. The summed E-state index contributed by atoms with van der Waals surface area (Å²) in [6, 6.07) is 7.67. The lowest BCUT2D eigenvalue weighted by Gasteiger charge is -2.28. The van der Waals surface area contributed by atoms with Gasteiger partial charge in [0.05, 0.1) is 13.5 Å². The Morgan fingerprint density at radius 3 is 2.79 bits per heavy atom. The maximum Gasteiger partial charge on any atom is 0.227 e. The minimum atomic E-state index is 0.129. The van der Waals surface area contributed by atoms with Crippen molar-refractivity contribution in [3.8, 4) is 17.3 Å². The first-order chi connectivity index (χ1) is 13.7. The van der Waals surface area contributed by atoms with E-state index in [4.69, 9.17) is 9.84 Å². The van der Waals surface area contributed by atoms with Gasteiger partial charge in [-0.05, 0) is 24.1 Å². The topological polar surface area (TPSA) is 76.0 Å². The fourth-order valence-electron chi connectivity index (χ4n) is 3.72. The third-order valence-electron chi connectivity index (χ3n) is 5.16. The largest absolute Gasteiger partial charge is 0.497 e. The third kappa shape index (κ3) is 3.52. The van der Waals surface area contributed by atoms with Gasteiger partial charge in [-0.3, -0.25) is 9.48 Å². The first-order valence-electron chi connectivity index (χ1n) is 9.68. The number of hydrogen-bond donors (Lipinski definition) is 1. The van der Waals surface area contributed by atoms with Gasteiger partial charge in [0.25, 0.3) is 0 Å². The number of carbonyl (C=O) groups excluding carboxylic acids is 1. The number of methoxy groups -OCH3 is 1. The van der Waals surface area contributed by atoms with Crippen molar-refractivity contribution in [3.05, 3.63) is 53.5 Å². The van der Waals surface area contributed by atoms with Gasteiger partial charge in [0.15, 0.2) is 5.82 Å². The normalized spacial score (nSPS) is 13.4. The van der Waals surface area contributed by atoms with E-state index in [-0.39, 0.29) is 5.91 Å². The molecule has 1 amide bonds. The molecule has 0 aliphatic carbocycles. The Hall–Kier alpha value is -3.09. The number of carbonyl (C=O) groups is 1. The molecule has 0 radical (unpaired) electrons. The van der Waals surface area contributed by atoms with Crippen molar-refractivity contribution in [1.29, 1.82) is 0 Å². The maximum atomic E-state index is 12.9. The highest BCUT2D eigenvalue weighted by Crippen LogP contribution is 2.29. The van der Waals surface area contributed by atoms with E-state index in [9.17, 15) is 4.79 Å². The highest BCUT2D eigenvalue weighted by atomic mass is 16.5. The molecule has 0 fully saturated rings. The van der Waals surface area contributed by atoms with Crippen molar-refractivity contribution >= 4 is 5.91 Å². The Balaban J connectivity index is 1.55. The lowest BCUT2D eigenvalue weighted by Crippen LogP contribution is -2.37. The van der Waals surface area contributed by atoms with E-state index in [0.29, 0.717) is 13.0 Å². The third-order valence-corrected chi connectivity index (χ3v) is 5.16. The van der Waals surface area contributed by atoms with Crippen LogP contribution in [-0.2, 0) is 30.7 Å². The summed E-state index contributed by atoms with van der Waals surface area (Å²) < 4.78 is 7.27. The molecular formula is C21H25N5O2. The first kappa shape index (κ1) is 18.3. The number of hydrogen-bond acceptors (Lipinski definition) is 4.